The van der Waals surface area contributed by atoms with Crippen LogP contribution >= 0.6 is 12.4 Å². The van der Waals surface area contributed by atoms with Gasteiger partial charge in [0.05, 0.1) is 0 Å². The maximum Gasteiger partial charge on any atom is 0.248 e. The molecule has 0 saturated carbocycles. The molecule has 1 aromatic heterocycles. The van der Waals surface area contributed by atoms with Gasteiger partial charge in [-0.15, -0.1) is 12.4 Å². The lowest BCUT2D eigenvalue weighted by Gasteiger charge is -1.93. The summed E-state index contributed by atoms with van der Waals surface area (Å²) in [6.45, 7) is 0. The first-order valence-electron chi connectivity index (χ1n) is 3.44. The minimum Gasteiger partial charge on any atom is -0.322 e. The summed E-state index contributed by atoms with van der Waals surface area (Å²) in [5.74, 6) is 0. The molecule has 0 radical (unpaired) electrons. The number of halogens is 2. The lowest BCUT2D eigenvalue weighted by atomic mass is 10.2. The Morgan fingerprint density at radius 3 is 2.46 bits per heavy atom. The number of aromatic amines is 1. The van der Waals surface area contributed by atoms with E-state index < -0.39 is 0 Å². The highest BCUT2D eigenvalue weighted by Gasteiger charge is 1.89. The number of hydrogen-bond donors (Lipinski definition) is 1. The third kappa shape index (κ3) is 2.29. The predicted molar refractivity (Wildman–Crippen MR) is 54.3 cm³/mol. The molecule has 1 heterocycles. The van der Waals surface area contributed by atoms with Gasteiger partial charge in [0, 0.05) is 11.6 Å². The Morgan fingerprint density at radius 1 is 1.00 bits per heavy atom. The smallest absolute Gasteiger partial charge is 0.248 e. The topological polar surface area (TPSA) is 32.9 Å². The van der Waals surface area contributed by atoms with Crippen molar-refractivity contribution in [1.82, 2.24) is 4.98 Å². The van der Waals surface area contributed by atoms with Crippen molar-refractivity contribution in [2.24, 2.45) is 0 Å². The van der Waals surface area contributed by atoms with Crippen LogP contribution in [0, 0.1) is 0 Å². The van der Waals surface area contributed by atoms with Gasteiger partial charge in [0.25, 0.3) is 0 Å². The van der Waals surface area contributed by atoms with Crippen LogP contribution in [0.15, 0.2) is 41.2 Å². The second-order valence-corrected chi connectivity index (χ2v) is 2.41. The van der Waals surface area contributed by atoms with Crippen LogP contribution in [-0.4, -0.2) is 4.98 Å². The Labute approximate surface area is 80.4 Å². The van der Waals surface area contributed by atoms with Gasteiger partial charge >= 0.3 is 0 Å². The fourth-order valence-corrected chi connectivity index (χ4v) is 1.10. The van der Waals surface area contributed by atoms with E-state index >= 15 is 0 Å². The zero-order chi connectivity index (χ0) is 7.68. The Morgan fingerprint density at radius 2 is 1.69 bits per heavy atom. The fourth-order valence-electron chi connectivity index (χ4n) is 1.10. The molecule has 2 nitrogen and oxygen atoms in total. The number of fused-ring (bicyclic) bond motifs is 1. The van der Waals surface area contributed by atoms with E-state index in [0.29, 0.717) is 0 Å². The normalized spacial score (nSPS) is 8.62. The van der Waals surface area contributed by atoms with E-state index in [2.05, 4.69) is 4.98 Å². The van der Waals surface area contributed by atoms with Gasteiger partial charge in [0.2, 0.25) is 5.56 Å². The van der Waals surface area contributed by atoms with Crippen molar-refractivity contribution in [3.8, 4) is 0 Å². The Hall–Kier alpha value is -1.35. The van der Waals surface area contributed by atoms with Gasteiger partial charge in [-0.1, -0.05) is 18.2 Å². The largest absolute Gasteiger partial charge is 0.322 e. The Kier molecular flexibility index (Phi) is 4.14. The van der Waals surface area contributed by atoms with E-state index in [-0.39, 0.29) is 22.7 Å². The molecular weight excluding hydrogens is 193 g/mol. The van der Waals surface area contributed by atoms with Gasteiger partial charge in [-0.25, -0.2) is 0 Å². The first-order valence-corrected chi connectivity index (χ1v) is 3.44. The van der Waals surface area contributed by atoms with E-state index in [9.17, 15) is 4.79 Å². The highest BCUT2D eigenvalue weighted by Crippen LogP contribution is 2.06. The zero-order valence-electron chi connectivity index (χ0n) is 6.69. The number of H-pyrrole nitrogens is 1. The maximum atomic E-state index is 10.8. The first-order chi connectivity index (χ1) is 5.36. The minimum atomic E-state index is -0.0521. The van der Waals surface area contributed by atoms with Gasteiger partial charge in [-0.3, -0.25) is 9.50 Å². The zero-order valence-corrected chi connectivity index (χ0v) is 7.51. The van der Waals surface area contributed by atoms with Gasteiger partial charge in [0.15, 0.2) is 0 Å². The number of aromatic nitrogens is 1. The summed E-state index contributed by atoms with van der Waals surface area (Å²) >= 11 is 0. The van der Waals surface area contributed by atoms with Crippen LogP contribution < -0.4 is 5.56 Å². The molecule has 1 aromatic carbocycles. The standard InChI is InChI=1S/C9H7NO.ClH.FH/c11-9-6-5-7-3-1-2-4-8(7)10-9;;/h1-6H,(H,10,11);2*1H. The number of rotatable bonds is 0. The van der Waals surface area contributed by atoms with Crippen LogP contribution in [-0.2, 0) is 0 Å². The molecule has 0 bridgehead atoms. The summed E-state index contributed by atoms with van der Waals surface area (Å²) in [4.78, 5) is 13.6. The van der Waals surface area contributed by atoms with Crippen LogP contribution in [0.25, 0.3) is 10.9 Å². The molecule has 0 atom stereocenters. The highest BCUT2D eigenvalue weighted by atomic mass is 35.5. The molecule has 0 aliphatic carbocycles. The lowest BCUT2D eigenvalue weighted by molar-refractivity contribution is 1.11. The molecule has 0 fully saturated rings. The quantitative estimate of drug-likeness (QED) is 0.696. The van der Waals surface area contributed by atoms with Crippen molar-refractivity contribution >= 4 is 23.3 Å². The average Bonchev–Trinajstić information content (AvgIpc) is 2.04. The van der Waals surface area contributed by atoms with Crippen molar-refractivity contribution in [3.05, 3.63) is 46.8 Å². The summed E-state index contributed by atoms with van der Waals surface area (Å²) in [7, 11) is 0. The second kappa shape index (κ2) is 4.62. The first kappa shape index (κ1) is 11.6. The number of para-hydroxylation sites is 1. The number of hydrogen-bond acceptors (Lipinski definition) is 1. The van der Waals surface area contributed by atoms with Crippen molar-refractivity contribution in [2.75, 3.05) is 0 Å². The Balaban J connectivity index is 0.000000720. The van der Waals surface area contributed by atoms with Gasteiger partial charge < -0.3 is 4.98 Å². The molecule has 2 rings (SSSR count). The monoisotopic (exact) mass is 201 g/mol. The average molecular weight is 202 g/mol. The maximum absolute atomic E-state index is 10.8. The molecule has 70 valence electrons. The molecule has 0 unspecified atom stereocenters. The number of pyridine rings is 1. The van der Waals surface area contributed by atoms with E-state index in [4.69, 9.17) is 0 Å². The molecule has 0 aliphatic heterocycles. The lowest BCUT2D eigenvalue weighted by Crippen LogP contribution is -2.01. The third-order valence-electron chi connectivity index (χ3n) is 1.63. The fraction of sp³-hybridized carbons (Fsp3) is 0. The van der Waals surface area contributed by atoms with E-state index in [0.717, 1.165) is 10.9 Å². The van der Waals surface area contributed by atoms with Crippen molar-refractivity contribution in [2.45, 2.75) is 0 Å². The summed E-state index contributed by atoms with van der Waals surface area (Å²) in [5.41, 5.74) is 0.837. The van der Waals surface area contributed by atoms with Crippen LogP contribution in [0.4, 0.5) is 4.70 Å². The molecule has 0 spiro atoms. The highest BCUT2D eigenvalue weighted by molar-refractivity contribution is 5.85. The van der Waals surface area contributed by atoms with Gasteiger partial charge in [0.1, 0.15) is 0 Å². The molecule has 4 heteroatoms. The van der Waals surface area contributed by atoms with Crippen molar-refractivity contribution in [3.63, 3.8) is 0 Å². The van der Waals surface area contributed by atoms with Crippen LogP contribution in [0.5, 0.6) is 0 Å². The molecule has 0 aliphatic rings. The van der Waals surface area contributed by atoms with Gasteiger partial charge in [-0.05, 0) is 17.5 Å². The predicted octanol–water partition coefficient (Wildman–Crippen LogP) is 2.10. The molecule has 0 amide bonds. The number of nitrogens with one attached hydrogen (secondary N) is 1. The van der Waals surface area contributed by atoms with Gasteiger partial charge in [-0.2, -0.15) is 0 Å². The molecule has 2 aromatic rings. The SMILES string of the molecule is Cl.F.O=c1ccc2ccccc2[nH]1. The minimum absolute atomic E-state index is 0. The summed E-state index contributed by atoms with van der Waals surface area (Å²) in [5, 5.41) is 1.06. The van der Waals surface area contributed by atoms with Crippen LogP contribution in [0.1, 0.15) is 0 Å². The van der Waals surface area contributed by atoms with E-state index in [1.165, 1.54) is 6.07 Å². The van der Waals surface area contributed by atoms with Crippen molar-refractivity contribution in [1.29, 1.82) is 0 Å². The van der Waals surface area contributed by atoms with E-state index in [1.54, 1.807) is 0 Å². The Bertz CT molecular complexity index is 441. The van der Waals surface area contributed by atoms with Crippen molar-refractivity contribution < 1.29 is 4.70 Å². The number of benzene rings is 1. The second-order valence-electron chi connectivity index (χ2n) is 2.41. The summed E-state index contributed by atoms with van der Waals surface area (Å²) in [6, 6.07) is 11.0. The molecule has 1 N–H and O–H groups in total. The van der Waals surface area contributed by atoms with Crippen LogP contribution in [0.3, 0.4) is 0 Å². The van der Waals surface area contributed by atoms with Crippen LogP contribution in [0.2, 0.25) is 0 Å². The summed E-state index contributed by atoms with van der Waals surface area (Å²) < 4.78 is 0. The molecule has 13 heavy (non-hydrogen) atoms. The molecule has 0 saturated heterocycles. The third-order valence-corrected chi connectivity index (χ3v) is 1.63. The summed E-state index contributed by atoms with van der Waals surface area (Å²) in [6.07, 6.45) is 0. The molecular formula is C9H9ClFNO. The van der Waals surface area contributed by atoms with E-state index in [1.807, 2.05) is 30.3 Å².